The van der Waals surface area contributed by atoms with E-state index in [0.29, 0.717) is 16.8 Å². The predicted octanol–water partition coefficient (Wildman–Crippen LogP) is 7.19. The van der Waals surface area contributed by atoms with Crippen LogP contribution in [0.5, 0.6) is 0 Å². The van der Waals surface area contributed by atoms with Gasteiger partial charge in [-0.15, -0.1) is 0 Å². The normalized spacial score (nSPS) is 14.0. The fourth-order valence-electron chi connectivity index (χ4n) is 3.53. The minimum absolute atomic E-state index is 0.163. The zero-order valence-corrected chi connectivity index (χ0v) is 23.5. The number of quaternary nitrogens is 1. The van der Waals surface area contributed by atoms with Gasteiger partial charge in [-0.3, -0.25) is 4.57 Å². The molecular weight excluding hydrogens is 441 g/mol. The third-order valence-electron chi connectivity index (χ3n) is 5.63. The van der Waals surface area contributed by atoms with Crippen LogP contribution in [0.4, 0.5) is 0 Å². The van der Waals surface area contributed by atoms with E-state index >= 15 is 0 Å². The Balaban J connectivity index is 3.24. The summed E-state index contributed by atoms with van der Waals surface area (Å²) in [5.74, 6) is 1.77. The van der Waals surface area contributed by atoms with Crippen LogP contribution in [0, 0.1) is 0 Å². The Morgan fingerprint density at radius 2 is 1.06 bits per heavy atom. The van der Waals surface area contributed by atoms with Crippen molar-refractivity contribution in [3.05, 3.63) is 0 Å². The second-order valence-electron chi connectivity index (χ2n) is 10.0. The van der Waals surface area contributed by atoms with E-state index in [0.717, 1.165) is 5.75 Å². The van der Waals surface area contributed by atoms with Crippen LogP contribution in [0.25, 0.3) is 0 Å². The molecule has 0 aliphatic heterocycles. The average molecular weight is 496 g/mol. The highest BCUT2D eigenvalue weighted by Gasteiger charge is 2.13. The third kappa shape index (κ3) is 26.7. The molecule has 0 aromatic carbocycles. The Kier molecular flexibility index (Phi) is 22.2. The summed E-state index contributed by atoms with van der Waals surface area (Å²) in [4.78, 5) is 11.7. The molecule has 0 heterocycles. The lowest BCUT2D eigenvalue weighted by Gasteiger charge is -2.27. The minimum atomic E-state index is -4.15. The van der Waals surface area contributed by atoms with Crippen molar-refractivity contribution in [1.82, 2.24) is 0 Å². The number of hydrogen-bond donors (Lipinski definition) is 0. The molecular formula is C25H54NO4PS. The van der Waals surface area contributed by atoms with Crippen molar-refractivity contribution in [3.8, 4) is 0 Å². The monoisotopic (exact) mass is 495 g/mol. The van der Waals surface area contributed by atoms with Gasteiger partial charge in [-0.1, -0.05) is 103 Å². The molecule has 0 aliphatic rings. The van der Waals surface area contributed by atoms with E-state index in [1.54, 1.807) is 11.8 Å². The number of thioether (sulfide) groups is 1. The van der Waals surface area contributed by atoms with E-state index in [2.05, 4.69) is 6.92 Å². The highest BCUT2D eigenvalue weighted by molar-refractivity contribution is 7.99. The number of nitrogens with zero attached hydrogens (tertiary/aromatic N) is 1. The van der Waals surface area contributed by atoms with Crippen molar-refractivity contribution in [3.63, 3.8) is 0 Å². The standard InChI is InChI=1S/C25H54NO4PS/c1-5-6-7-8-9-10-11-12-13-14-15-16-17-18-19-20-24-32-25-23-30-31(27,28)29-22-21-26(2,3)4/h5-25H2,1-4H3. The molecule has 0 N–H and O–H groups in total. The third-order valence-corrected chi connectivity index (χ3v) is 7.66. The molecule has 1 atom stereocenters. The molecule has 0 saturated heterocycles. The minimum Gasteiger partial charge on any atom is -0.756 e. The van der Waals surface area contributed by atoms with E-state index in [1.807, 2.05) is 21.1 Å². The molecule has 0 aromatic rings. The molecule has 194 valence electrons. The predicted molar refractivity (Wildman–Crippen MR) is 139 cm³/mol. The summed E-state index contributed by atoms with van der Waals surface area (Å²) in [6, 6.07) is 0. The number of unbranched alkanes of at least 4 members (excludes halogenated alkanes) is 15. The van der Waals surface area contributed by atoms with Crippen LogP contribution in [0.15, 0.2) is 0 Å². The summed E-state index contributed by atoms with van der Waals surface area (Å²) < 4.78 is 22.2. The zero-order valence-electron chi connectivity index (χ0n) is 21.8. The average Bonchev–Trinajstić information content (AvgIpc) is 2.71. The maximum Gasteiger partial charge on any atom is 0.268 e. The second kappa shape index (κ2) is 21.9. The van der Waals surface area contributed by atoms with E-state index in [9.17, 15) is 9.46 Å². The summed E-state index contributed by atoms with van der Waals surface area (Å²) in [7, 11) is 1.84. The van der Waals surface area contributed by atoms with Gasteiger partial charge in [-0.25, -0.2) is 0 Å². The lowest BCUT2D eigenvalue weighted by molar-refractivity contribution is -0.870. The van der Waals surface area contributed by atoms with Gasteiger partial charge >= 0.3 is 0 Å². The molecule has 0 amide bonds. The Hall–Kier alpha value is 0.420. The van der Waals surface area contributed by atoms with Gasteiger partial charge < -0.3 is 18.4 Å². The zero-order chi connectivity index (χ0) is 24.0. The van der Waals surface area contributed by atoms with Gasteiger partial charge in [0.1, 0.15) is 13.2 Å². The SMILES string of the molecule is CCCCCCCCCCCCCCCCCCSCCOP(=O)([O-])OCC[N+](C)(C)C. The van der Waals surface area contributed by atoms with Gasteiger partial charge in [0.05, 0.1) is 27.7 Å². The van der Waals surface area contributed by atoms with Gasteiger partial charge in [0.25, 0.3) is 7.82 Å². The molecule has 0 fully saturated rings. The summed E-state index contributed by atoms with van der Waals surface area (Å²) in [6.07, 6.45) is 22.1. The smallest absolute Gasteiger partial charge is 0.268 e. The number of phosphoric acid groups is 1. The van der Waals surface area contributed by atoms with E-state index in [-0.39, 0.29) is 13.2 Å². The first-order valence-corrected chi connectivity index (χ1v) is 15.9. The summed E-state index contributed by atoms with van der Waals surface area (Å²) in [6.45, 7) is 3.27. The molecule has 0 aliphatic carbocycles. The molecule has 7 heteroatoms. The largest absolute Gasteiger partial charge is 0.756 e. The molecule has 1 unspecified atom stereocenters. The number of phosphoric ester groups is 1. The Morgan fingerprint density at radius 1 is 0.656 bits per heavy atom. The van der Waals surface area contributed by atoms with Gasteiger partial charge in [0, 0.05) is 5.75 Å². The van der Waals surface area contributed by atoms with Crippen molar-refractivity contribution in [2.75, 3.05) is 52.4 Å². The van der Waals surface area contributed by atoms with Gasteiger partial charge in [-0.05, 0) is 12.2 Å². The van der Waals surface area contributed by atoms with Crippen molar-refractivity contribution in [1.29, 1.82) is 0 Å². The van der Waals surface area contributed by atoms with Gasteiger partial charge in [0.15, 0.2) is 0 Å². The molecule has 0 bridgehead atoms. The fourth-order valence-corrected chi connectivity index (χ4v) is 5.16. The second-order valence-corrected chi connectivity index (χ2v) is 12.7. The van der Waals surface area contributed by atoms with Crippen LogP contribution in [0.2, 0.25) is 0 Å². The topological polar surface area (TPSA) is 58.6 Å². The molecule has 32 heavy (non-hydrogen) atoms. The summed E-state index contributed by atoms with van der Waals surface area (Å²) in [5.41, 5.74) is 0. The van der Waals surface area contributed by atoms with E-state index in [4.69, 9.17) is 9.05 Å². The van der Waals surface area contributed by atoms with Crippen molar-refractivity contribution >= 4 is 19.6 Å². The number of likely N-dealkylation sites (N-methyl/N-ethyl adjacent to an activating group) is 1. The first-order valence-electron chi connectivity index (χ1n) is 13.2. The Morgan fingerprint density at radius 3 is 1.50 bits per heavy atom. The quantitative estimate of drug-likeness (QED) is 0.0762. The molecule has 0 saturated carbocycles. The van der Waals surface area contributed by atoms with Crippen molar-refractivity contribution in [2.24, 2.45) is 0 Å². The van der Waals surface area contributed by atoms with Crippen LogP contribution in [-0.4, -0.2) is 56.9 Å². The van der Waals surface area contributed by atoms with Crippen LogP contribution in [-0.2, 0) is 13.6 Å². The van der Waals surface area contributed by atoms with Crippen LogP contribution < -0.4 is 4.89 Å². The van der Waals surface area contributed by atoms with Gasteiger partial charge in [0.2, 0.25) is 0 Å². The molecule has 5 nitrogen and oxygen atoms in total. The fraction of sp³-hybridized carbons (Fsp3) is 1.00. The van der Waals surface area contributed by atoms with Crippen molar-refractivity contribution in [2.45, 2.75) is 110 Å². The Bertz CT molecular complexity index is 446. The number of hydrogen-bond acceptors (Lipinski definition) is 5. The van der Waals surface area contributed by atoms with Crippen molar-refractivity contribution < 1.29 is 23.0 Å². The Labute approximate surface area is 204 Å². The lowest BCUT2D eigenvalue weighted by Crippen LogP contribution is -2.37. The summed E-state index contributed by atoms with van der Waals surface area (Å²) in [5, 5.41) is 0. The van der Waals surface area contributed by atoms with E-state index in [1.165, 1.54) is 103 Å². The molecule has 0 radical (unpaired) electrons. The highest BCUT2D eigenvalue weighted by atomic mass is 32.2. The van der Waals surface area contributed by atoms with Gasteiger partial charge in [-0.2, -0.15) is 11.8 Å². The van der Waals surface area contributed by atoms with E-state index < -0.39 is 7.82 Å². The maximum atomic E-state index is 11.7. The van der Waals surface area contributed by atoms with Crippen LogP contribution >= 0.6 is 19.6 Å². The molecule has 0 rings (SSSR count). The summed E-state index contributed by atoms with van der Waals surface area (Å²) >= 11 is 1.76. The van der Waals surface area contributed by atoms with Crippen LogP contribution in [0.3, 0.4) is 0 Å². The first-order chi connectivity index (χ1) is 15.3. The highest BCUT2D eigenvalue weighted by Crippen LogP contribution is 2.38. The molecule has 0 aromatic heterocycles. The first kappa shape index (κ1) is 32.4. The van der Waals surface area contributed by atoms with Crippen LogP contribution in [0.1, 0.15) is 110 Å². The number of rotatable bonds is 25. The lowest BCUT2D eigenvalue weighted by atomic mass is 10.0. The molecule has 0 spiro atoms. The maximum absolute atomic E-state index is 11.7.